The molecule has 0 spiro atoms. The zero-order valence-electron chi connectivity index (χ0n) is 22.4. The van der Waals surface area contributed by atoms with Crippen molar-refractivity contribution < 1.29 is 38.5 Å². The Balaban J connectivity index is 0.000000444. The molecule has 2 aromatic carbocycles. The first-order valence-corrected chi connectivity index (χ1v) is 10.7. The fourth-order valence-corrected chi connectivity index (χ4v) is 3.74. The number of nitrogens with zero attached hydrogens (tertiary/aromatic N) is 2. The molecule has 6 heteroatoms. The quantitative estimate of drug-likeness (QED) is 0.128. The molecule has 0 aliphatic heterocycles. The summed E-state index contributed by atoms with van der Waals surface area (Å²) in [5, 5.41) is 9.98. The Morgan fingerprint density at radius 3 is 2.60 bits per heavy atom. The topological polar surface area (TPSA) is 76.2 Å². The van der Waals surface area contributed by atoms with Gasteiger partial charge in [-0.05, 0) is 68.2 Å². The van der Waals surface area contributed by atoms with Crippen LogP contribution in [0.2, 0.25) is 0 Å². The molecular formula is C29H25IrN2O3-. The Hall–Kier alpha value is -3.60. The summed E-state index contributed by atoms with van der Waals surface area (Å²) < 4.78 is 28.8. The van der Waals surface area contributed by atoms with Crippen LogP contribution in [0.3, 0.4) is 0 Å². The van der Waals surface area contributed by atoms with E-state index in [4.69, 9.17) is 13.6 Å². The molecule has 0 aliphatic carbocycles. The van der Waals surface area contributed by atoms with Gasteiger partial charge in [-0.1, -0.05) is 41.3 Å². The molecule has 3 heterocycles. The number of benzene rings is 2. The van der Waals surface area contributed by atoms with Gasteiger partial charge in [0.05, 0.1) is 11.3 Å². The average Bonchev–Trinajstić information content (AvgIpc) is 3.21. The van der Waals surface area contributed by atoms with Crippen LogP contribution in [0.15, 0.2) is 83.1 Å². The van der Waals surface area contributed by atoms with Crippen molar-refractivity contribution in [2.75, 3.05) is 0 Å². The van der Waals surface area contributed by atoms with E-state index in [0.29, 0.717) is 11.3 Å². The number of pyridine rings is 2. The molecule has 0 unspecified atom stereocenters. The zero-order chi connectivity index (χ0) is 26.7. The number of fused-ring (bicyclic) bond motifs is 3. The molecular weight excluding hydrogens is 617 g/mol. The summed E-state index contributed by atoms with van der Waals surface area (Å²) in [5.41, 5.74) is 5.74. The number of hydrogen-bond acceptors (Lipinski definition) is 5. The summed E-state index contributed by atoms with van der Waals surface area (Å²) in [6.07, 6.45) is 2.94. The second kappa shape index (κ2) is 11.2. The van der Waals surface area contributed by atoms with Crippen LogP contribution in [0.25, 0.3) is 44.5 Å². The Morgan fingerprint density at radius 2 is 1.91 bits per heavy atom. The van der Waals surface area contributed by atoms with Gasteiger partial charge in [0.2, 0.25) is 5.71 Å². The van der Waals surface area contributed by atoms with Crippen LogP contribution in [0.1, 0.15) is 29.2 Å². The summed E-state index contributed by atoms with van der Waals surface area (Å²) in [7, 11) is 0. The molecule has 1 radical (unpaired) electrons. The Labute approximate surface area is 222 Å². The molecule has 0 amide bonds. The van der Waals surface area contributed by atoms with E-state index in [2.05, 4.69) is 35.1 Å². The van der Waals surface area contributed by atoms with Gasteiger partial charge in [-0.3, -0.25) is 4.79 Å². The molecule has 0 saturated heterocycles. The van der Waals surface area contributed by atoms with Gasteiger partial charge in [0.25, 0.3) is 0 Å². The van der Waals surface area contributed by atoms with Gasteiger partial charge in [-0.2, -0.15) is 0 Å². The van der Waals surface area contributed by atoms with Crippen LogP contribution < -0.4 is 0 Å². The van der Waals surface area contributed by atoms with Gasteiger partial charge >= 0.3 is 0 Å². The molecule has 0 atom stereocenters. The smallest absolute Gasteiger partial charge is 0.216 e. The third kappa shape index (κ3) is 5.91. The minimum atomic E-state index is -2.29. The molecule has 5 aromatic rings. The van der Waals surface area contributed by atoms with E-state index in [-0.39, 0.29) is 37.3 Å². The van der Waals surface area contributed by atoms with Gasteiger partial charge in [-0.15, -0.1) is 18.2 Å². The number of aryl methyl sites for hydroxylation is 2. The SMILES string of the molecule is CC(=O)/C=C(/C)O.[2H]C([2H])([2H])c1ccc2c(n1)oc1c(-c3cc(-c4ccccc4C)ccn3)[c-]ccc12.[Ir]. The normalized spacial score (nSPS) is 12.7. The van der Waals surface area contributed by atoms with Gasteiger partial charge in [0.1, 0.15) is 0 Å². The second-order valence-electron chi connectivity index (χ2n) is 7.89. The predicted molar refractivity (Wildman–Crippen MR) is 136 cm³/mol. The molecule has 35 heavy (non-hydrogen) atoms. The van der Waals surface area contributed by atoms with Crippen LogP contribution >= 0.6 is 0 Å². The van der Waals surface area contributed by atoms with Crippen molar-refractivity contribution in [1.82, 2.24) is 9.97 Å². The number of aliphatic hydroxyl groups excluding tert-OH is 1. The maximum atomic E-state index is 10.0. The largest absolute Gasteiger partial charge is 0.512 e. The fraction of sp³-hybridized carbons (Fsp3) is 0.138. The average molecular weight is 645 g/mol. The van der Waals surface area contributed by atoms with E-state index in [1.54, 1.807) is 12.3 Å². The van der Waals surface area contributed by atoms with Crippen molar-refractivity contribution in [1.29, 1.82) is 0 Å². The van der Waals surface area contributed by atoms with Crippen LogP contribution in [0.5, 0.6) is 0 Å². The summed E-state index contributed by atoms with van der Waals surface area (Å²) in [6, 6.07) is 22.4. The Morgan fingerprint density at radius 1 is 1.11 bits per heavy atom. The first-order valence-electron chi connectivity index (χ1n) is 12.2. The van der Waals surface area contributed by atoms with E-state index in [1.165, 1.54) is 31.6 Å². The van der Waals surface area contributed by atoms with Crippen molar-refractivity contribution in [3.05, 3.63) is 96.0 Å². The summed E-state index contributed by atoms with van der Waals surface area (Å²) >= 11 is 0. The minimum Gasteiger partial charge on any atom is -0.512 e. The maximum Gasteiger partial charge on any atom is 0.216 e. The third-order valence-corrected chi connectivity index (χ3v) is 5.18. The number of rotatable bonds is 3. The van der Waals surface area contributed by atoms with Crippen molar-refractivity contribution in [3.8, 4) is 22.4 Å². The van der Waals surface area contributed by atoms with Crippen molar-refractivity contribution in [2.24, 2.45) is 0 Å². The molecule has 5 rings (SSSR count). The number of aromatic nitrogens is 2. The van der Waals surface area contributed by atoms with E-state index in [1.807, 2.05) is 36.4 Å². The number of hydrogen-bond donors (Lipinski definition) is 1. The van der Waals surface area contributed by atoms with Gasteiger partial charge in [0, 0.05) is 47.6 Å². The predicted octanol–water partition coefficient (Wildman–Crippen LogP) is 7.16. The molecule has 179 valence electrons. The zero-order valence-corrected chi connectivity index (χ0v) is 21.8. The number of aliphatic hydroxyl groups is 1. The van der Waals surface area contributed by atoms with Gasteiger partial charge in [-0.25, -0.2) is 4.98 Å². The van der Waals surface area contributed by atoms with Gasteiger partial charge < -0.3 is 14.5 Å². The number of carbonyl (C=O) groups is 1. The monoisotopic (exact) mass is 645 g/mol. The fourth-order valence-electron chi connectivity index (χ4n) is 3.74. The van der Waals surface area contributed by atoms with E-state index < -0.39 is 6.85 Å². The van der Waals surface area contributed by atoms with E-state index in [9.17, 15) is 4.79 Å². The maximum absolute atomic E-state index is 10.0. The standard InChI is InChI=1S/C24H17N2O.C5H8O2.Ir/c1-15-6-3-4-7-18(15)17-12-13-25-22(14-17)21-9-5-8-19-20-11-10-16(2)26-24(20)27-23(19)21;1-4(6)3-5(2)7;/h3-8,10-14H,1-2H3;3,6H,1-2H3;/q-1;;/b;4-3-;/i2D3;;. The van der Waals surface area contributed by atoms with Crippen LogP contribution in [-0.2, 0) is 24.9 Å². The summed E-state index contributed by atoms with van der Waals surface area (Å²) in [4.78, 5) is 18.8. The van der Waals surface area contributed by atoms with Crippen molar-refractivity contribution >= 4 is 27.9 Å². The third-order valence-electron chi connectivity index (χ3n) is 5.18. The second-order valence-corrected chi connectivity index (χ2v) is 7.89. The molecule has 5 nitrogen and oxygen atoms in total. The number of carbonyl (C=O) groups excluding carboxylic acids is 1. The van der Waals surface area contributed by atoms with Crippen molar-refractivity contribution in [3.63, 3.8) is 0 Å². The Kier molecular flexibility index (Phi) is 7.02. The van der Waals surface area contributed by atoms with Crippen LogP contribution in [0, 0.1) is 19.8 Å². The van der Waals surface area contributed by atoms with Crippen molar-refractivity contribution in [2.45, 2.75) is 27.6 Å². The summed E-state index contributed by atoms with van der Waals surface area (Å²) in [6.45, 7) is 2.64. The number of allylic oxidation sites excluding steroid dienone is 2. The minimum absolute atomic E-state index is 0. The molecule has 1 N–H and O–H groups in total. The first kappa shape index (κ1) is 21.9. The number of ketones is 1. The summed E-state index contributed by atoms with van der Waals surface area (Å²) in [5.74, 6) is -0.0625. The molecule has 0 fully saturated rings. The Bertz CT molecular complexity index is 1640. The van der Waals surface area contributed by atoms with E-state index in [0.717, 1.165) is 33.2 Å². The molecule has 0 saturated carbocycles. The molecule has 0 aliphatic rings. The number of furan rings is 1. The van der Waals surface area contributed by atoms with Gasteiger partial charge in [0.15, 0.2) is 5.78 Å². The van der Waals surface area contributed by atoms with Crippen LogP contribution in [0.4, 0.5) is 0 Å². The van der Waals surface area contributed by atoms with Crippen LogP contribution in [-0.4, -0.2) is 20.9 Å². The molecule has 0 bridgehead atoms. The first-order chi connectivity index (χ1) is 17.5. The van der Waals surface area contributed by atoms with E-state index >= 15 is 0 Å². The molecule has 3 aromatic heterocycles.